The van der Waals surface area contributed by atoms with Gasteiger partial charge in [-0.25, -0.2) is 0 Å². The molecule has 0 fully saturated rings. The number of hydrogen-bond acceptors (Lipinski definition) is 4. The van der Waals surface area contributed by atoms with Crippen LogP contribution < -0.4 is 0 Å². The van der Waals surface area contributed by atoms with E-state index in [4.69, 9.17) is 14.5 Å². The van der Waals surface area contributed by atoms with Gasteiger partial charge >= 0.3 is 0 Å². The van der Waals surface area contributed by atoms with Crippen LogP contribution in [0.5, 0.6) is 0 Å². The van der Waals surface area contributed by atoms with Crippen LogP contribution in [-0.4, -0.2) is 15.9 Å². The number of allylic oxidation sites excluding steroid dienone is 2. The maximum absolute atomic E-state index is 10.0. The number of hydrogen-bond donors (Lipinski definition) is 1. The third kappa shape index (κ3) is 7.91. The third-order valence-corrected chi connectivity index (χ3v) is 6.60. The zero-order valence-electron chi connectivity index (χ0n) is 24.4. The van der Waals surface area contributed by atoms with E-state index < -0.39 is 0 Å². The molecule has 0 amide bonds. The summed E-state index contributed by atoms with van der Waals surface area (Å²) in [4.78, 5) is 14.9. The second-order valence-corrected chi connectivity index (χ2v) is 10.6. The molecule has 2 aromatic heterocycles. The van der Waals surface area contributed by atoms with Crippen molar-refractivity contribution in [3.05, 3.63) is 114 Å². The first kappa shape index (κ1) is 31.7. The molecular weight excluding hydrogens is 687 g/mol. The van der Waals surface area contributed by atoms with Crippen molar-refractivity contribution < 1.29 is 34.4 Å². The van der Waals surface area contributed by atoms with Crippen molar-refractivity contribution in [2.45, 2.75) is 53.4 Å². The van der Waals surface area contributed by atoms with E-state index in [1.807, 2.05) is 12.1 Å². The third-order valence-electron chi connectivity index (χ3n) is 6.60. The Labute approximate surface area is 256 Å². The summed E-state index contributed by atoms with van der Waals surface area (Å²) in [6, 6.07) is 32.8. The van der Waals surface area contributed by atoms with Crippen molar-refractivity contribution >= 4 is 16.9 Å². The van der Waals surface area contributed by atoms with Gasteiger partial charge in [0.2, 0.25) is 5.71 Å². The molecule has 41 heavy (non-hydrogen) atoms. The molecule has 0 saturated heterocycles. The minimum Gasteiger partial charge on any atom is -0.512 e. The summed E-state index contributed by atoms with van der Waals surface area (Å²) in [6.45, 7) is 11.8. The van der Waals surface area contributed by atoms with Gasteiger partial charge in [0, 0.05) is 37.1 Å². The largest absolute Gasteiger partial charge is 0.512 e. The Balaban J connectivity index is 0.000000516. The number of benzene rings is 3. The molecule has 5 rings (SSSR count). The summed E-state index contributed by atoms with van der Waals surface area (Å²) in [7, 11) is 0. The molecule has 1 radical (unpaired) electrons. The van der Waals surface area contributed by atoms with Crippen LogP contribution in [0.4, 0.5) is 0 Å². The molecule has 0 aliphatic rings. The molecule has 2 heterocycles. The number of furan rings is 1. The SMILES string of the molecule is CC(=O)/C=C(/C)O.CC(C)c1cccc(C(C)C)c1-c1cc2ccc(-c3[c-]ccc(-c4ccccc4)c3)nc2o1.[Ir]. The van der Waals surface area contributed by atoms with Gasteiger partial charge in [-0.3, -0.25) is 9.78 Å². The number of pyridine rings is 1. The van der Waals surface area contributed by atoms with Crippen molar-refractivity contribution in [1.82, 2.24) is 4.98 Å². The molecule has 3 aromatic carbocycles. The Morgan fingerprint density at radius 2 is 1.51 bits per heavy atom. The normalized spacial score (nSPS) is 11.3. The molecule has 5 aromatic rings. The topological polar surface area (TPSA) is 63.3 Å². The Morgan fingerprint density at radius 3 is 2.07 bits per heavy atom. The van der Waals surface area contributed by atoms with Crippen LogP contribution in [0.3, 0.4) is 0 Å². The van der Waals surface area contributed by atoms with Crippen molar-refractivity contribution in [3.63, 3.8) is 0 Å². The second-order valence-electron chi connectivity index (χ2n) is 10.6. The van der Waals surface area contributed by atoms with Crippen LogP contribution in [0.2, 0.25) is 0 Å². The van der Waals surface area contributed by atoms with E-state index in [1.165, 1.54) is 42.2 Å². The number of rotatable bonds is 6. The number of carbonyl (C=O) groups excluding carboxylic acids is 1. The fraction of sp³-hybridized carbons (Fsp3) is 0.222. The molecule has 0 unspecified atom stereocenters. The molecule has 5 heteroatoms. The minimum atomic E-state index is -0.125. The van der Waals surface area contributed by atoms with Crippen molar-refractivity contribution in [3.8, 4) is 33.7 Å². The summed E-state index contributed by atoms with van der Waals surface area (Å²) in [5.41, 5.74) is 8.64. The van der Waals surface area contributed by atoms with Crippen LogP contribution in [0.15, 0.2) is 101 Å². The number of aromatic nitrogens is 1. The average Bonchev–Trinajstić information content (AvgIpc) is 3.36. The number of nitrogens with zero attached hydrogens (tertiary/aromatic N) is 1. The molecule has 1 N–H and O–H groups in total. The van der Waals surface area contributed by atoms with Gasteiger partial charge in [0.1, 0.15) is 5.76 Å². The summed E-state index contributed by atoms with van der Waals surface area (Å²) >= 11 is 0. The standard InChI is InChI=1S/C31H28NO.C5H8O2.Ir/c1-20(2)26-14-9-15-27(21(3)4)30(26)29-19-25-16-17-28(32-31(25)33-29)24-13-8-12-23(18-24)22-10-6-5-7-11-22;1-4(6)3-5(2)7;/h5-12,14-21H,1-4H3;3,6H,1-2H3;/q-1;;/b;4-3-;. The summed E-state index contributed by atoms with van der Waals surface area (Å²) < 4.78 is 6.39. The van der Waals surface area contributed by atoms with E-state index in [0.717, 1.165) is 28.0 Å². The van der Waals surface area contributed by atoms with Crippen LogP contribution in [-0.2, 0) is 24.9 Å². The zero-order chi connectivity index (χ0) is 28.8. The number of aliphatic hydroxyl groups is 1. The fourth-order valence-electron chi connectivity index (χ4n) is 4.75. The maximum Gasteiger partial charge on any atom is 0.217 e. The van der Waals surface area contributed by atoms with E-state index >= 15 is 0 Å². The summed E-state index contributed by atoms with van der Waals surface area (Å²) in [5.74, 6) is 1.65. The van der Waals surface area contributed by atoms with E-state index in [0.29, 0.717) is 17.5 Å². The van der Waals surface area contributed by atoms with Gasteiger partial charge in [-0.2, -0.15) is 0 Å². The van der Waals surface area contributed by atoms with Gasteiger partial charge in [0.15, 0.2) is 5.78 Å². The predicted molar refractivity (Wildman–Crippen MR) is 164 cm³/mol. The van der Waals surface area contributed by atoms with Crippen LogP contribution in [0.25, 0.3) is 44.8 Å². The van der Waals surface area contributed by atoms with Crippen molar-refractivity contribution in [1.29, 1.82) is 0 Å². The Bertz CT molecular complexity index is 1620. The van der Waals surface area contributed by atoms with E-state index in [2.05, 4.69) is 107 Å². The molecule has 0 atom stereocenters. The Kier molecular flexibility index (Phi) is 11.0. The molecule has 213 valence electrons. The maximum atomic E-state index is 10.0. The predicted octanol–water partition coefficient (Wildman–Crippen LogP) is 9.91. The zero-order valence-corrected chi connectivity index (χ0v) is 26.8. The van der Waals surface area contributed by atoms with Gasteiger partial charge in [-0.05, 0) is 54.1 Å². The molecule has 0 aliphatic carbocycles. The molecular formula is C36H36IrNO3-. The van der Waals surface area contributed by atoms with E-state index in [1.54, 1.807) is 0 Å². The minimum absolute atomic E-state index is 0. The first-order valence-electron chi connectivity index (χ1n) is 13.6. The van der Waals surface area contributed by atoms with Gasteiger partial charge in [0.05, 0.1) is 5.76 Å². The first-order chi connectivity index (χ1) is 19.1. The Hall–Kier alpha value is -3.79. The van der Waals surface area contributed by atoms with Crippen molar-refractivity contribution in [2.24, 2.45) is 0 Å². The smallest absolute Gasteiger partial charge is 0.217 e. The number of aliphatic hydroxyl groups excluding tert-OH is 1. The Morgan fingerprint density at radius 1 is 0.854 bits per heavy atom. The quantitative estimate of drug-likeness (QED) is 0.108. The molecule has 0 spiro atoms. The number of fused-ring (bicyclic) bond motifs is 1. The molecule has 0 aliphatic heterocycles. The van der Waals surface area contributed by atoms with E-state index in [-0.39, 0.29) is 31.6 Å². The van der Waals surface area contributed by atoms with E-state index in [9.17, 15) is 4.79 Å². The molecule has 4 nitrogen and oxygen atoms in total. The van der Waals surface area contributed by atoms with Gasteiger partial charge in [-0.1, -0.05) is 88.4 Å². The fourth-order valence-corrected chi connectivity index (χ4v) is 4.75. The number of carbonyl (C=O) groups is 1. The summed E-state index contributed by atoms with van der Waals surface area (Å²) in [6.07, 6.45) is 1.17. The van der Waals surface area contributed by atoms with Gasteiger partial charge in [-0.15, -0.1) is 35.4 Å². The first-order valence-corrected chi connectivity index (χ1v) is 13.6. The van der Waals surface area contributed by atoms with Crippen LogP contribution >= 0.6 is 0 Å². The summed E-state index contributed by atoms with van der Waals surface area (Å²) in [5, 5.41) is 9.38. The number of ketones is 1. The molecule has 0 bridgehead atoms. The van der Waals surface area contributed by atoms with Crippen molar-refractivity contribution in [2.75, 3.05) is 0 Å². The second kappa shape index (κ2) is 14.2. The monoisotopic (exact) mass is 723 g/mol. The van der Waals surface area contributed by atoms with Crippen LogP contribution in [0, 0.1) is 6.07 Å². The van der Waals surface area contributed by atoms with Gasteiger partial charge in [0.25, 0.3) is 0 Å². The molecule has 0 saturated carbocycles. The average molecular weight is 723 g/mol. The van der Waals surface area contributed by atoms with Gasteiger partial charge < -0.3 is 9.52 Å². The van der Waals surface area contributed by atoms with Crippen LogP contribution in [0.1, 0.15) is 64.5 Å².